The lowest BCUT2D eigenvalue weighted by Gasteiger charge is -2.04. The van der Waals surface area contributed by atoms with Crippen molar-refractivity contribution in [1.29, 1.82) is 5.26 Å². The van der Waals surface area contributed by atoms with Gasteiger partial charge >= 0.3 is 0 Å². The van der Waals surface area contributed by atoms with Crippen molar-refractivity contribution >= 4 is 17.7 Å². The number of nitrogens with zero attached hydrogens (tertiary/aromatic N) is 2. The third-order valence-electron chi connectivity index (χ3n) is 3.59. The molecule has 0 unspecified atom stereocenters. The number of benzene rings is 2. The minimum atomic E-state index is -0.473. The molecule has 0 aromatic heterocycles. The highest BCUT2D eigenvalue weighted by molar-refractivity contribution is 5.97. The molecule has 1 N–H and O–H groups in total. The number of nitro groups is 1. The van der Waals surface area contributed by atoms with E-state index in [9.17, 15) is 14.9 Å². The van der Waals surface area contributed by atoms with Gasteiger partial charge in [0, 0.05) is 18.7 Å². The van der Waals surface area contributed by atoms with Gasteiger partial charge in [-0.3, -0.25) is 14.9 Å². The van der Waals surface area contributed by atoms with E-state index in [2.05, 4.69) is 5.32 Å². The van der Waals surface area contributed by atoms with E-state index in [-0.39, 0.29) is 11.3 Å². The summed E-state index contributed by atoms with van der Waals surface area (Å²) in [5, 5.41) is 22.4. The Morgan fingerprint density at radius 3 is 2.42 bits per heavy atom. The van der Waals surface area contributed by atoms with E-state index in [0.717, 1.165) is 16.7 Å². The smallest absolute Gasteiger partial charge is 0.269 e. The first-order valence-corrected chi connectivity index (χ1v) is 7.86. The Kier molecular flexibility index (Phi) is 6.40. The maximum atomic E-state index is 12.1. The zero-order valence-corrected chi connectivity index (χ0v) is 14.2. The summed E-state index contributed by atoms with van der Waals surface area (Å²) < 4.78 is 0. The van der Waals surface area contributed by atoms with Gasteiger partial charge < -0.3 is 5.32 Å². The molecule has 0 radical (unpaired) electrons. The number of hydrogen-bond acceptors (Lipinski definition) is 4. The normalized spacial score (nSPS) is 11.2. The first kappa shape index (κ1) is 18.6. The summed E-state index contributed by atoms with van der Waals surface area (Å²) in [6.45, 7) is 2.32. The third-order valence-corrected chi connectivity index (χ3v) is 3.59. The van der Waals surface area contributed by atoms with Gasteiger partial charge in [0.25, 0.3) is 11.6 Å². The van der Waals surface area contributed by atoms with Crippen LogP contribution in [0.5, 0.6) is 0 Å². The molecule has 26 heavy (non-hydrogen) atoms. The van der Waals surface area contributed by atoms with Crippen LogP contribution in [0.1, 0.15) is 16.7 Å². The Hall–Kier alpha value is -3.72. The summed E-state index contributed by atoms with van der Waals surface area (Å²) >= 11 is 0. The summed E-state index contributed by atoms with van der Waals surface area (Å²) in [5.41, 5.74) is 2.79. The monoisotopic (exact) mass is 347 g/mol. The summed E-state index contributed by atoms with van der Waals surface area (Å²) in [4.78, 5) is 22.2. The zero-order valence-electron chi connectivity index (χ0n) is 14.2. The average molecular weight is 347 g/mol. The first-order chi connectivity index (χ1) is 12.5. The summed E-state index contributed by atoms with van der Waals surface area (Å²) in [7, 11) is 0. The van der Waals surface area contributed by atoms with Crippen LogP contribution in [0.25, 0.3) is 6.08 Å². The number of nitrogens with one attached hydrogen (secondary N) is 1. The second-order valence-electron chi connectivity index (χ2n) is 5.57. The molecule has 0 aliphatic carbocycles. The van der Waals surface area contributed by atoms with Gasteiger partial charge in [-0.05, 0) is 36.3 Å². The molecule has 0 heterocycles. The number of nitriles is 1. The molecule has 0 spiro atoms. The molecule has 2 aromatic carbocycles. The van der Waals surface area contributed by atoms with Crippen molar-refractivity contribution in [2.45, 2.75) is 13.5 Å². The van der Waals surface area contributed by atoms with E-state index < -0.39 is 10.8 Å². The van der Waals surface area contributed by atoms with Gasteiger partial charge in [-0.2, -0.15) is 5.26 Å². The lowest BCUT2D eigenvalue weighted by atomic mass is 10.1. The maximum absolute atomic E-state index is 12.1. The molecule has 0 aliphatic rings. The predicted octanol–water partition coefficient (Wildman–Crippen LogP) is 3.68. The molecule has 130 valence electrons. The van der Waals surface area contributed by atoms with Gasteiger partial charge in [0.1, 0.15) is 11.6 Å². The predicted molar refractivity (Wildman–Crippen MR) is 98.9 cm³/mol. The number of hydrogen-bond donors (Lipinski definition) is 1. The molecule has 0 bridgehead atoms. The second kappa shape index (κ2) is 8.94. The molecular formula is C20H17N3O3. The topological polar surface area (TPSA) is 96.0 Å². The van der Waals surface area contributed by atoms with Crippen LogP contribution < -0.4 is 5.32 Å². The van der Waals surface area contributed by atoms with Gasteiger partial charge in [0.15, 0.2) is 0 Å². The van der Waals surface area contributed by atoms with Crippen LogP contribution in [0.3, 0.4) is 0 Å². The summed E-state index contributed by atoms with van der Waals surface area (Å²) in [6.07, 6.45) is 4.63. The minimum absolute atomic E-state index is 0.00545. The number of carbonyl (C=O) groups is 1. The van der Waals surface area contributed by atoms with Crippen LogP contribution in [-0.2, 0) is 11.3 Å². The quantitative estimate of drug-likeness (QED) is 0.283. The highest BCUT2D eigenvalue weighted by atomic mass is 16.6. The highest BCUT2D eigenvalue weighted by Crippen LogP contribution is 2.13. The molecule has 2 aromatic rings. The number of aryl methyl sites for hydroxylation is 1. The zero-order chi connectivity index (χ0) is 18.9. The first-order valence-electron chi connectivity index (χ1n) is 7.86. The van der Waals surface area contributed by atoms with Crippen LogP contribution in [0.4, 0.5) is 5.69 Å². The van der Waals surface area contributed by atoms with Crippen molar-refractivity contribution in [3.63, 3.8) is 0 Å². The van der Waals surface area contributed by atoms with Crippen molar-refractivity contribution in [1.82, 2.24) is 5.32 Å². The van der Waals surface area contributed by atoms with Gasteiger partial charge in [-0.25, -0.2) is 0 Å². The van der Waals surface area contributed by atoms with E-state index in [1.807, 2.05) is 37.3 Å². The lowest BCUT2D eigenvalue weighted by Crippen LogP contribution is -2.23. The number of amides is 1. The van der Waals surface area contributed by atoms with E-state index in [4.69, 9.17) is 5.26 Å². The molecule has 6 heteroatoms. The van der Waals surface area contributed by atoms with Gasteiger partial charge in [0.2, 0.25) is 0 Å². The van der Waals surface area contributed by atoms with E-state index in [1.54, 1.807) is 24.3 Å². The molecule has 2 rings (SSSR count). The lowest BCUT2D eigenvalue weighted by molar-refractivity contribution is -0.384. The fraction of sp³-hybridized carbons (Fsp3) is 0.100. The Bertz CT molecular complexity index is 889. The van der Waals surface area contributed by atoms with Gasteiger partial charge in [-0.1, -0.05) is 42.0 Å². The Balaban J connectivity index is 1.97. The fourth-order valence-electron chi connectivity index (χ4n) is 2.11. The molecular weight excluding hydrogens is 330 g/mol. The number of nitro benzene ring substituents is 1. The SMILES string of the molecule is Cc1ccc(CNC(=O)/C(C#N)=C/C=C/c2ccc([N+](=O)[O-])cc2)cc1. The van der Waals surface area contributed by atoms with Crippen molar-refractivity contribution in [3.05, 3.63) is 93.1 Å². The summed E-state index contributed by atoms with van der Waals surface area (Å²) in [5.74, 6) is -0.457. The molecule has 0 atom stereocenters. The number of allylic oxidation sites excluding steroid dienone is 2. The Labute approximate surface area is 151 Å². The number of carbonyl (C=O) groups excluding carboxylic acids is 1. The summed E-state index contributed by atoms with van der Waals surface area (Å²) in [6, 6.07) is 15.6. The standard InChI is InChI=1S/C20H17N3O3/c1-15-5-7-17(8-6-15)14-22-20(24)18(13-21)4-2-3-16-9-11-19(12-10-16)23(25)26/h2-12H,14H2,1H3,(H,22,24)/b3-2+,18-4+. The van der Waals surface area contributed by atoms with Crippen LogP contribution in [0.2, 0.25) is 0 Å². The number of non-ortho nitro benzene ring substituents is 1. The number of rotatable bonds is 6. The Morgan fingerprint density at radius 2 is 1.85 bits per heavy atom. The van der Waals surface area contributed by atoms with Crippen molar-refractivity contribution in [2.75, 3.05) is 0 Å². The van der Waals surface area contributed by atoms with Gasteiger partial charge in [0.05, 0.1) is 4.92 Å². The molecule has 0 fully saturated rings. The highest BCUT2D eigenvalue weighted by Gasteiger charge is 2.07. The van der Waals surface area contributed by atoms with Crippen molar-refractivity contribution in [2.24, 2.45) is 0 Å². The maximum Gasteiger partial charge on any atom is 0.269 e. The Morgan fingerprint density at radius 1 is 1.19 bits per heavy atom. The van der Waals surface area contributed by atoms with Gasteiger partial charge in [-0.15, -0.1) is 0 Å². The fourth-order valence-corrected chi connectivity index (χ4v) is 2.11. The molecule has 0 saturated carbocycles. The molecule has 6 nitrogen and oxygen atoms in total. The van der Waals surface area contributed by atoms with Crippen molar-refractivity contribution in [3.8, 4) is 6.07 Å². The van der Waals surface area contributed by atoms with E-state index in [0.29, 0.717) is 6.54 Å². The molecule has 0 saturated heterocycles. The third kappa shape index (κ3) is 5.42. The molecule has 1 amide bonds. The average Bonchev–Trinajstić information content (AvgIpc) is 2.65. The van der Waals surface area contributed by atoms with Crippen LogP contribution >= 0.6 is 0 Å². The van der Waals surface area contributed by atoms with Crippen LogP contribution in [0.15, 0.2) is 66.3 Å². The molecule has 0 aliphatic heterocycles. The van der Waals surface area contributed by atoms with E-state index >= 15 is 0 Å². The van der Waals surface area contributed by atoms with Crippen LogP contribution in [-0.4, -0.2) is 10.8 Å². The largest absolute Gasteiger partial charge is 0.347 e. The second-order valence-corrected chi connectivity index (χ2v) is 5.57. The minimum Gasteiger partial charge on any atom is -0.347 e. The van der Waals surface area contributed by atoms with Crippen molar-refractivity contribution < 1.29 is 9.72 Å². The van der Waals surface area contributed by atoms with E-state index in [1.165, 1.54) is 18.2 Å². The van der Waals surface area contributed by atoms with Crippen LogP contribution in [0, 0.1) is 28.4 Å².